The van der Waals surface area contributed by atoms with Gasteiger partial charge in [-0.1, -0.05) is 55.9 Å². The lowest BCUT2D eigenvalue weighted by Gasteiger charge is -2.23. The summed E-state index contributed by atoms with van der Waals surface area (Å²) >= 11 is 1.66. The fourth-order valence-corrected chi connectivity index (χ4v) is 4.55. The van der Waals surface area contributed by atoms with Crippen LogP contribution in [0.25, 0.3) is 5.65 Å². The van der Waals surface area contributed by atoms with Gasteiger partial charge in [-0.2, -0.15) is 5.10 Å². The number of aryl methyl sites for hydroxylation is 1. The maximum atomic E-state index is 12.8. The summed E-state index contributed by atoms with van der Waals surface area (Å²) < 4.78 is 7.22. The summed E-state index contributed by atoms with van der Waals surface area (Å²) in [6.07, 6.45) is 3.01. The third kappa shape index (κ3) is 4.94. The quantitative estimate of drug-likeness (QED) is 0.397. The van der Waals surface area contributed by atoms with Gasteiger partial charge in [0.05, 0.1) is 18.5 Å². The minimum absolute atomic E-state index is 0.249. The Labute approximate surface area is 192 Å². The molecule has 1 N–H and O–H groups in total. The molecule has 2 aromatic carbocycles. The first-order chi connectivity index (χ1) is 15.5. The number of hydrogen-bond donors (Lipinski definition) is 1. The van der Waals surface area contributed by atoms with Crippen molar-refractivity contribution in [2.75, 3.05) is 6.61 Å². The lowest BCUT2D eigenvalue weighted by Crippen LogP contribution is -2.32. The maximum Gasteiger partial charge on any atom is 0.407 e. The molecule has 2 heterocycles. The molecule has 0 aliphatic rings. The zero-order chi connectivity index (χ0) is 22.5. The number of ether oxygens (including phenoxy) is 1. The van der Waals surface area contributed by atoms with E-state index in [9.17, 15) is 4.79 Å². The van der Waals surface area contributed by atoms with E-state index in [4.69, 9.17) is 4.74 Å². The second-order valence-electron chi connectivity index (χ2n) is 7.95. The molecule has 164 valence electrons. The molecule has 0 fully saturated rings. The van der Waals surface area contributed by atoms with Gasteiger partial charge in [-0.05, 0) is 54.3 Å². The summed E-state index contributed by atoms with van der Waals surface area (Å²) in [6.45, 7) is 6.42. The van der Waals surface area contributed by atoms with Crippen LogP contribution in [0.3, 0.4) is 0 Å². The smallest absolute Gasteiger partial charge is 0.407 e. The van der Waals surface area contributed by atoms with Crippen LogP contribution < -0.4 is 5.32 Å². The van der Waals surface area contributed by atoms with Crippen molar-refractivity contribution in [1.82, 2.24) is 19.9 Å². The van der Waals surface area contributed by atoms with Crippen molar-refractivity contribution in [3.63, 3.8) is 0 Å². The Morgan fingerprint density at radius 1 is 1.09 bits per heavy atom. The monoisotopic (exact) mass is 446 g/mol. The largest absolute Gasteiger partial charge is 0.449 e. The van der Waals surface area contributed by atoms with Crippen molar-refractivity contribution in [2.24, 2.45) is 5.92 Å². The normalized spacial score (nSPS) is 12.1. The number of carbonyl (C=O) groups excluding carboxylic acids is 1. The summed E-state index contributed by atoms with van der Waals surface area (Å²) in [5, 5.41) is 7.54. The predicted octanol–water partition coefficient (Wildman–Crippen LogP) is 5.66. The summed E-state index contributed by atoms with van der Waals surface area (Å²) in [7, 11) is 0. The van der Waals surface area contributed by atoms with Crippen LogP contribution in [0.4, 0.5) is 4.79 Å². The Morgan fingerprint density at radius 2 is 1.91 bits per heavy atom. The van der Waals surface area contributed by atoms with Gasteiger partial charge in [-0.25, -0.2) is 14.3 Å². The molecule has 2 aromatic heterocycles. The van der Waals surface area contributed by atoms with Gasteiger partial charge in [0.1, 0.15) is 6.04 Å². The summed E-state index contributed by atoms with van der Waals surface area (Å²) in [5.74, 6) is 0.249. The second kappa shape index (κ2) is 9.87. The molecule has 1 atom stereocenters. The molecule has 0 saturated carbocycles. The molecule has 7 heteroatoms. The van der Waals surface area contributed by atoms with Crippen LogP contribution in [0.2, 0.25) is 0 Å². The van der Waals surface area contributed by atoms with Gasteiger partial charge < -0.3 is 10.1 Å². The number of amides is 1. The average Bonchev–Trinajstić information content (AvgIpc) is 3.21. The molecule has 0 bridgehead atoms. The highest BCUT2D eigenvalue weighted by Gasteiger charge is 2.26. The number of fused-ring (bicyclic) bond motifs is 1. The highest BCUT2D eigenvalue weighted by Crippen LogP contribution is 2.37. The van der Waals surface area contributed by atoms with E-state index in [0.717, 1.165) is 32.3 Å². The number of benzene rings is 2. The van der Waals surface area contributed by atoms with E-state index in [-0.39, 0.29) is 5.92 Å². The Bertz CT molecular complexity index is 1210. The molecule has 0 spiro atoms. The zero-order valence-electron chi connectivity index (χ0n) is 18.4. The summed E-state index contributed by atoms with van der Waals surface area (Å²) in [5.41, 5.74) is 3.54. The first-order valence-electron chi connectivity index (χ1n) is 10.6. The van der Waals surface area contributed by atoms with E-state index in [1.54, 1.807) is 28.7 Å². The second-order valence-corrected chi connectivity index (χ2v) is 9.06. The van der Waals surface area contributed by atoms with Crippen LogP contribution in [-0.4, -0.2) is 27.3 Å². The zero-order valence-corrected chi connectivity index (χ0v) is 19.2. The van der Waals surface area contributed by atoms with Crippen LogP contribution >= 0.6 is 11.8 Å². The van der Waals surface area contributed by atoms with Crippen LogP contribution in [0.5, 0.6) is 0 Å². The minimum Gasteiger partial charge on any atom is -0.449 e. The van der Waals surface area contributed by atoms with Crippen molar-refractivity contribution < 1.29 is 9.53 Å². The molecule has 4 rings (SSSR count). The number of hydrogen-bond acceptors (Lipinski definition) is 5. The Kier molecular flexibility index (Phi) is 6.75. The van der Waals surface area contributed by atoms with Gasteiger partial charge in [0, 0.05) is 16.0 Å². The third-order valence-corrected chi connectivity index (χ3v) is 6.04. The molecule has 0 aliphatic heterocycles. The van der Waals surface area contributed by atoms with Gasteiger partial charge >= 0.3 is 6.09 Å². The third-order valence-electron chi connectivity index (χ3n) is 4.95. The lowest BCUT2D eigenvalue weighted by atomic mass is 9.99. The first kappa shape index (κ1) is 21.9. The Hall–Kier alpha value is -3.32. The van der Waals surface area contributed by atoms with Gasteiger partial charge in [-0.15, -0.1) is 0 Å². The van der Waals surface area contributed by atoms with Gasteiger partial charge in [0.15, 0.2) is 5.65 Å². The van der Waals surface area contributed by atoms with Gasteiger partial charge in [0.2, 0.25) is 0 Å². The molecule has 6 nitrogen and oxygen atoms in total. The number of rotatable bonds is 7. The summed E-state index contributed by atoms with van der Waals surface area (Å²) in [4.78, 5) is 19.4. The Balaban J connectivity index is 1.79. The molecule has 0 saturated heterocycles. The molecular weight excluding hydrogens is 420 g/mol. The van der Waals surface area contributed by atoms with Crippen LogP contribution in [-0.2, 0) is 4.74 Å². The van der Waals surface area contributed by atoms with Crippen molar-refractivity contribution in [2.45, 2.75) is 36.6 Å². The number of imidazole rings is 1. The van der Waals surface area contributed by atoms with Gasteiger partial charge in [0.25, 0.3) is 0 Å². The van der Waals surface area contributed by atoms with Crippen molar-refractivity contribution >= 4 is 23.5 Å². The molecule has 1 unspecified atom stereocenters. The van der Waals surface area contributed by atoms with E-state index >= 15 is 0 Å². The minimum atomic E-state index is -0.480. The van der Waals surface area contributed by atoms with E-state index in [1.807, 2.05) is 50.2 Å². The van der Waals surface area contributed by atoms with Gasteiger partial charge in [-0.3, -0.25) is 0 Å². The topological polar surface area (TPSA) is 68.5 Å². The van der Waals surface area contributed by atoms with Crippen molar-refractivity contribution in [1.29, 1.82) is 0 Å². The molecule has 0 aliphatic carbocycles. The van der Waals surface area contributed by atoms with Crippen LogP contribution in [0, 0.1) is 12.8 Å². The highest BCUT2D eigenvalue weighted by molar-refractivity contribution is 7.99. The average molecular weight is 447 g/mol. The van der Waals surface area contributed by atoms with E-state index in [0.29, 0.717) is 6.61 Å². The number of aromatic nitrogens is 3. The van der Waals surface area contributed by atoms with Crippen LogP contribution in [0.1, 0.15) is 36.7 Å². The number of carbonyl (C=O) groups is 1. The first-order valence-corrected chi connectivity index (χ1v) is 11.4. The number of nitrogens with one attached hydrogen (secondary N) is 1. The fraction of sp³-hybridized carbons (Fsp3) is 0.240. The van der Waals surface area contributed by atoms with E-state index in [1.165, 1.54) is 0 Å². The maximum absolute atomic E-state index is 12.8. The summed E-state index contributed by atoms with van der Waals surface area (Å²) in [6, 6.07) is 19.6. The molecular formula is C25H26N4O2S. The standard InChI is InChI=1S/C25H26N4O2S/c1-17(2)16-31-25(30)28-24(20-15-26-22-13-8-14-27-29(20)22)23-18(3)9-7-12-21(23)32-19-10-5-4-6-11-19/h4-15,17,24H,16H2,1-3H3,(H,28,30). The Morgan fingerprint density at radius 3 is 2.69 bits per heavy atom. The number of nitrogens with zero attached hydrogens (tertiary/aromatic N) is 3. The SMILES string of the molecule is Cc1cccc(Sc2ccccc2)c1C(NC(=O)OCC(C)C)c1cnc2cccnn12. The van der Waals surface area contributed by atoms with Crippen LogP contribution in [0.15, 0.2) is 82.8 Å². The molecule has 4 aromatic rings. The van der Waals surface area contributed by atoms with E-state index in [2.05, 4.69) is 46.6 Å². The lowest BCUT2D eigenvalue weighted by molar-refractivity contribution is 0.130. The predicted molar refractivity (Wildman–Crippen MR) is 126 cm³/mol. The molecule has 1 amide bonds. The van der Waals surface area contributed by atoms with Crippen molar-refractivity contribution in [3.05, 3.63) is 89.9 Å². The number of alkyl carbamates (subject to hydrolysis) is 1. The molecule has 32 heavy (non-hydrogen) atoms. The fourth-order valence-electron chi connectivity index (χ4n) is 3.47. The van der Waals surface area contributed by atoms with E-state index < -0.39 is 12.1 Å². The van der Waals surface area contributed by atoms with Crippen molar-refractivity contribution in [3.8, 4) is 0 Å². The molecule has 0 radical (unpaired) electrons. The highest BCUT2D eigenvalue weighted by atomic mass is 32.2.